The van der Waals surface area contributed by atoms with Crippen LogP contribution in [0.2, 0.25) is 0 Å². The fraction of sp³-hybridized carbons (Fsp3) is 0.600. The van der Waals surface area contributed by atoms with Gasteiger partial charge in [0, 0.05) is 6.54 Å². The van der Waals surface area contributed by atoms with E-state index < -0.39 is 11.9 Å². The number of likely N-dealkylation sites (tertiary alicyclic amines) is 1. The monoisotopic (exact) mass is 276 g/mol. The van der Waals surface area contributed by atoms with E-state index in [4.69, 9.17) is 0 Å². The Kier molecular flexibility index (Phi) is 2.61. The van der Waals surface area contributed by atoms with Gasteiger partial charge in [0.25, 0.3) is 5.91 Å². The highest BCUT2D eigenvalue weighted by Gasteiger charge is 2.54. The van der Waals surface area contributed by atoms with E-state index >= 15 is 0 Å². The van der Waals surface area contributed by atoms with Crippen molar-refractivity contribution in [3.05, 3.63) is 29.8 Å². The van der Waals surface area contributed by atoms with Gasteiger partial charge >= 0.3 is 0 Å². The molecule has 1 N–H and O–H groups in total. The van der Waals surface area contributed by atoms with Crippen LogP contribution < -0.4 is 0 Å². The summed E-state index contributed by atoms with van der Waals surface area (Å²) in [5.74, 6) is 0.652. The van der Waals surface area contributed by atoms with Gasteiger partial charge in [-0.15, -0.1) is 0 Å². The molecular weight excluding hydrogens is 259 g/mol. The number of amides is 1. The first kappa shape index (κ1) is 12.3. The molecule has 0 radical (unpaired) electrons. The number of aliphatic hydroxyl groups is 1. The molecule has 5 atom stereocenters. The van der Waals surface area contributed by atoms with E-state index in [-0.39, 0.29) is 17.6 Å². The number of rotatable bonds is 1. The standard InChI is InChI=1S/C15H17FN2O2/c16-11-1-2-12(17-6-11)15(20)18-7-8-3-9-5-10(4-8)14(19)13(9)18/h1-2,6,8-10,13-14,19H,3-5,7H2/t8-,9-,10?,13+,14-/m1/s1. The molecule has 1 unspecified atom stereocenters. The lowest BCUT2D eigenvalue weighted by molar-refractivity contribution is 0.0197. The van der Waals surface area contributed by atoms with Crippen LogP contribution in [0.1, 0.15) is 29.8 Å². The molecule has 0 aromatic carbocycles. The number of aromatic nitrogens is 1. The van der Waals surface area contributed by atoms with E-state index in [1.807, 2.05) is 0 Å². The van der Waals surface area contributed by atoms with E-state index in [9.17, 15) is 14.3 Å². The van der Waals surface area contributed by atoms with Gasteiger partial charge in [-0.3, -0.25) is 4.79 Å². The second-order valence-electron chi connectivity index (χ2n) is 6.39. The van der Waals surface area contributed by atoms with Gasteiger partial charge in [0.1, 0.15) is 11.5 Å². The van der Waals surface area contributed by atoms with Gasteiger partial charge in [0.05, 0.1) is 18.3 Å². The van der Waals surface area contributed by atoms with Crippen LogP contribution in [-0.4, -0.2) is 39.6 Å². The van der Waals surface area contributed by atoms with E-state index in [1.165, 1.54) is 12.1 Å². The lowest BCUT2D eigenvalue weighted by atomic mass is 9.78. The number of fused-ring (bicyclic) bond motifs is 2. The summed E-state index contributed by atoms with van der Waals surface area (Å²) in [6.45, 7) is 0.701. The zero-order valence-corrected chi connectivity index (χ0v) is 11.1. The number of carbonyl (C=O) groups is 1. The fourth-order valence-electron chi connectivity index (χ4n) is 4.50. The maximum absolute atomic E-state index is 12.9. The SMILES string of the molecule is O=C(c1ccc(F)cn1)N1C[C@H]2CC3C[C@@H](C2)[C@H]1[C@@H]3O. The van der Waals surface area contributed by atoms with Crippen LogP contribution >= 0.6 is 0 Å². The molecule has 1 amide bonds. The molecule has 20 heavy (non-hydrogen) atoms. The number of pyridine rings is 1. The Bertz CT molecular complexity index is 543. The van der Waals surface area contributed by atoms with Crippen molar-refractivity contribution in [1.29, 1.82) is 0 Å². The summed E-state index contributed by atoms with van der Waals surface area (Å²) >= 11 is 0. The van der Waals surface area contributed by atoms with Crippen molar-refractivity contribution in [1.82, 2.24) is 9.88 Å². The number of hydrogen-bond acceptors (Lipinski definition) is 3. The lowest BCUT2D eigenvalue weighted by Crippen LogP contribution is -2.52. The predicted octanol–water partition coefficient (Wildman–Crippen LogP) is 1.45. The van der Waals surface area contributed by atoms with Crippen molar-refractivity contribution in [3.63, 3.8) is 0 Å². The van der Waals surface area contributed by atoms with Gasteiger partial charge in [0.15, 0.2) is 0 Å². The number of aliphatic hydroxyl groups excluding tert-OH is 1. The summed E-state index contributed by atoms with van der Waals surface area (Å²) in [4.78, 5) is 18.3. The van der Waals surface area contributed by atoms with Crippen molar-refractivity contribution in [2.24, 2.45) is 17.8 Å². The Labute approximate surface area is 116 Å². The van der Waals surface area contributed by atoms with E-state index in [0.717, 1.165) is 25.5 Å². The zero-order valence-electron chi connectivity index (χ0n) is 11.1. The Morgan fingerprint density at radius 2 is 2.10 bits per heavy atom. The number of hydrogen-bond donors (Lipinski definition) is 1. The third-order valence-electron chi connectivity index (χ3n) is 5.22. The van der Waals surface area contributed by atoms with Crippen molar-refractivity contribution < 1.29 is 14.3 Å². The van der Waals surface area contributed by atoms with E-state index in [2.05, 4.69) is 4.98 Å². The molecule has 3 bridgehead atoms. The molecule has 2 aliphatic carbocycles. The van der Waals surface area contributed by atoms with Gasteiger partial charge in [-0.1, -0.05) is 0 Å². The van der Waals surface area contributed by atoms with Crippen LogP contribution in [0, 0.1) is 23.6 Å². The van der Waals surface area contributed by atoms with Crippen LogP contribution in [0.25, 0.3) is 0 Å². The fourth-order valence-corrected chi connectivity index (χ4v) is 4.50. The summed E-state index contributed by atoms with van der Waals surface area (Å²) in [5, 5.41) is 10.4. The molecule has 1 saturated heterocycles. The number of piperidine rings is 1. The molecule has 1 aromatic heterocycles. The molecule has 3 aliphatic rings. The zero-order chi connectivity index (χ0) is 13.9. The molecule has 106 valence electrons. The minimum Gasteiger partial charge on any atom is -0.391 e. The normalized spacial score (nSPS) is 38.3. The summed E-state index contributed by atoms with van der Waals surface area (Å²) in [6.07, 6.45) is 3.84. The first-order valence-electron chi connectivity index (χ1n) is 7.24. The van der Waals surface area contributed by atoms with Crippen LogP contribution in [0.3, 0.4) is 0 Å². The average molecular weight is 276 g/mol. The molecule has 1 aromatic rings. The highest BCUT2D eigenvalue weighted by Crippen LogP contribution is 2.50. The highest BCUT2D eigenvalue weighted by molar-refractivity contribution is 5.92. The van der Waals surface area contributed by atoms with Crippen molar-refractivity contribution >= 4 is 5.91 Å². The van der Waals surface area contributed by atoms with Gasteiger partial charge in [-0.25, -0.2) is 9.37 Å². The minimum absolute atomic E-state index is 0.0712. The first-order chi connectivity index (χ1) is 9.63. The third kappa shape index (κ3) is 1.69. The Hall–Kier alpha value is -1.49. The predicted molar refractivity (Wildman–Crippen MR) is 69.3 cm³/mol. The number of halogens is 1. The molecule has 0 spiro atoms. The molecule has 2 heterocycles. The second-order valence-corrected chi connectivity index (χ2v) is 6.39. The largest absolute Gasteiger partial charge is 0.391 e. The number of carbonyl (C=O) groups excluding carboxylic acids is 1. The van der Waals surface area contributed by atoms with Crippen LogP contribution in [0.5, 0.6) is 0 Å². The molecule has 2 saturated carbocycles. The van der Waals surface area contributed by atoms with Crippen LogP contribution in [-0.2, 0) is 0 Å². The maximum Gasteiger partial charge on any atom is 0.272 e. The third-order valence-corrected chi connectivity index (χ3v) is 5.22. The number of nitrogens with zero attached hydrogens (tertiary/aromatic N) is 2. The van der Waals surface area contributed by atoms with Gasteiger partial charge in [-0.2, -0.15) is 0 Å². The average Bonchev–Trinajstić information content (AvgIpc) is 2.61. The first-order valence-corrected chi connectivity index (χ1v) is 7.24. The Morgan fingerprint density at radius 1 is 1.30 bits per heavy atom. The van der Waals surface area contributed by atoms with Gasteiger partial charge in [0.2, 0.25) is 0 Å². The lowest BCUT2D eigenvalue weighted by Gasteiger charge is -2.42. The summed E-state index contributed by atoms with van der Waals surface area (Å²) in [5.41, 5.74) is 0.267. The van der Waals surface area contributed by atoms with Gasteiger partial charge < -0.3 is 10.0 Å². The van der Waals surface area contributed by atoms with E-state index in [1.54, 1.807) is 4.90 Å². The van der Waals surface area contributed by atoms with E-state index in [0.29, 0.717) is 24.3 Å². The Balaban J connectivity index is 1.65. The summed E-state index contributed by atoms with van der Waals surface area (Å²) < 4.78 is 12.9. The maximum atomic E-state index is 12.9. The van der Waals surface area contributed by atoms with Crippen molar-refractivity contribution in [2.75, 3.05) is 6.54 Å². The molecule has 5 heteroatoms. The molecule has 4 rings (SSSR count). The molecule has 3 fully saturated rings. The Morgan fingerprint density at radius 3 is 2.85 bits per heavy atom. The quantitative estimate of drug-likeness (QED) is 0.844. The van der Waals surface area contributed by atoms with Crippen molar-refractivity contribution in [3.8, 4) is 0 Å². The second kappa shape index (κ2) is 4.25. The molecular formula is C15H17FN2O2. The van der Waals surface area contributed by atoms with Crippen molar-refractivity contribution in [2.45, 2.75) is 31.4 Å². The van der Waals surface area contributed by atoms with Crippen LogP contribution in [0.15, 0.2) is 18.3 Å². The van der Waals surface area contributed by atoms with Crippen LogP contribution in [0.4, 0.5) is 4.39 Å². The van der Waals surface area contributed by atoms with Gasteiger partial charge in [-0.05, 0) is 49.1 Å². The summed E-state index contributed by atoms with van der Waals surface area (Å²) in [6, 6.07) is 2.61. The molecule has 1 aliphatic heterocycles. The minimum atomic E-state index is -0.443. The summed E-state index contributed by atoms with van der Waals surface area (Å²) in [7, 11) is 0. The highest BCUT2D eigenvalue weighted by atomic mass is 19.1. The topological polar surface area (TPSA) is 53.4 Å². The smallest absolute Gasteiger partial charge is 0.272 e. The molecule has 4 nitrogen and oxygen atoms in total.